The molecular weight excluding hydrogens is 286 g/mol. The zero-order valence-electron chi connectivity index (χ0n) is 13.5. The second-order valence-corrected chi connectivity index (χ2v) is 5.99. The number of para-hydroxylation sites is 1. The van der Waals surface area contributed by atoms with E-state index in [-0.39, 0.29) is 6.03 Å². The maximum atomic E-state index is 12.1. The van der Waals surface area contributed by atoms with Crippen molar-refractivity contribution in [2.24, 2.45) is 0 Å². The standard InChI is InChI=1S/C19H23N3O/c1-15-7-3-4-8-18(15)21-19(23)20-16-9-11-17(12-10-16)22-13-5-2-6-14-22/h3-4,7-12H,2,5-6,13-14H2,1H3,(H2,20,21,23). The third kappa shape index (κ3) is 4.03. The van der Waals surface area contributed by atoms with E-state index in [0.29, 0.717) is 0 Å². The van der Waals surface area contributed by atoms with E-state index < -0.39 is 0 Å². The van der Waals surface area contributed by atoms with Crippen molar-refractivity contribution in [3.63, 3.8) is 0 Å². The Bertz CT molecular complexity index is 661. The van der Waals surface area contributed by atoms with E-state index in [1.807, 2.05) is 43.3 Å². The zero-order chi connectivity index (χ0) is 16.1. The zero-order valence-corrected chi connectivity index (χ0v) is 13.5. The molecule has 0 spiro atoms. The lowest BCUT2D eigenvalue weighted by atomic mass is 10.1. The van der Waals surface area contributed by atoms with Gasteiger partial charge in [0.05, 0.1) is 0 Å². The number of nitrogens with zero attached hydrogens (tertiary/aromatic N) is 1. The number of hydrogen-bond acceptors (Lipinski definition) is 2. The fraction of sp³-hybridized carbons (Fsp3) is 0.316. The van der Waals surface area contributed by atoms with Gasteiger partial charge < -0.3 is 15.5 Å². The number of urea groups is 1. The summed E-state index contributed by atoms with van der Waals surface area (Å²) in [6.07, 6.45) is 3.85. The van der Waals surface area contributed by atoms with Gasteiger partial charge in [0.15, 0.2) is 0 Å². The first kappa shape index (κ1) is 15.4. The number of hydrogen-bond donors (Lipinski definition) is 2. The molecule has 2 amide bonds. The van der Waals surface area contributed by atoms with Crippen molar-refractivity contribution >= 4 is 23.1 Å². The van der Waals surface area contributed by atoms with Crippen LogP contribution in [0.15, 0.2) is 48.5 Å². The topological polar surface area (TPSA) is 44.4 Å². The summed E-state index contributed by atoms with van der Waals surface area (Å²) in [7, 11) is 0. The first-order valence-corrected chi connectivity index (χ1v) is 8.21. The van der Waals surface area contributed by atoms with Gasteiger partial charge in [0.1, 0.15) is 0 Å². The molecule has 0 radical (unpaired) electrons. The summed E-state index contributed by atoms with van der Waals surface area (Å²) in [6.45, 7) is 4.23. The number of rotatable bonds is 3. The fourth-order valence-electron chi connectivity index (χ4n) is 2.91. The van der Waals surface area contributed by atoms with Crippen LogP contribution in [-0.4, -0.2) is 19.1 Å². The van der Waals surface area contributed by atoms with Crippen LogP contribution in [0.5, 0.6) is 0 Å². The predicted octanol–water partition coefficient (Wildman–Crippen LogP) is 4.63. The molecule has 1 saturated heterocycles. The van der Waals surface area contributed by atoms with Gasteiger partial charge in [-0.2, -0.15) is 0 Å². The number of carbonyl (C=O) groups is 1. The van der Waals surface area contributed by atoms with E-state index in [0.717, 1.165) is 30.0 Å². The Hall–Kier alpha value is -2.49. The monoisotopic (exact) mass is 309 g/mol. The van der Waals surface area contributed by atoms with Gasteiger partial charge in [-0.15, -0.1) is 0 Å². The summed E-state index contributed by atoms with van der Waals surface area (Å²) in [5, 5.41) is 5.76. The van der Waals surface area contributed by atoms with Crippen LogP contribution in [-0.2, 0) is 0 Å². The Morgan fingerprint density at radius 3 is 2.30 bits per heavy atom. The van der Waals surface area contributed by atoms with Crippen LogP contribution in [0.3, 0.4) is 0 Å². The Balaban J connectivity index is 1.59. The predicted molar refractivity (Wildman–Crippen MR) is 96.3 cm³/mol. The molecule has 0 aliphatic carbocycles. The fourth-order valence-corrected chi connectivity index (χ4v) is 2.91. The molecular formula is C19H23N3O. The molecule has 1 fully saturated rings. The van der Waals surface area contributed by atoms with Gasteiger partial charge in [-0.25, -0.2) is 4.79 Å². The summed E-state index contributed by atoms with van der Waals surface area (Å²) in [6, 6.07) is 15.6. The van der Waals surface area contributed by atoms with E-state index in [1.165, 1.54) is 24.9 Å². The highest BCUT2D eigenvalue weighted by Crippen LogP contribution is 2.22. The van der Waals surface area contributed by atoms with Gasteiger partial charge in [-0.1, -0.05) is 18.2 Å². The lowest BCUT2D eigenvalue weighted by Gasteiger charge is -2.28. The minimum atomic E-state index is -0.218. The van der Waals surface area contributed by atoms with E-state index in [2.05, 4.69) is 27.7 Å². The van der Waals surface area contributed by atoms with E-state index in [1.54, 1.807) is 0 Å². The summed E-state index contributed by atoms with van der Waals surface area (Å²) in [5.74, 6) is 0. The smallest absolute Gasteiger partial charge is 0.323 e. The van der Waals surface area contributed by atoms with Crippen molar-refractivity contribution < 1.29 is 4.79 Å². The van der Waals surface area contributed by atoms with Crippen molar-refractivity contribution in [1.82, 2.24) is 0 Å². The third-order valence-corrected chi connectivity index (χ3v) is 4.24. The maximum absolute atomic E-state index is 12.1. The van der Waals surface area contributed by atoms with Crippen LogP contribution in [0.25, 0.3) is 0 Å². The average Bonchev–Trinajstić information content (AvgIpc) is 2.58. The Labute approximate surface area is 137 Å². The Morgan fingerprint density at radius 2 is 1.61 bits per heavy atom. The number of nitrogens with one attached hydrogen (secondary N) is 2. The molecule has 0 saturated carbocycles. The highest BCUT2D eigenvalue weighted by Gasteiger charge is 2.11. The largest absolute Gasteiger partial charge is 0.372 e. The van der Waals surface area contributed by atoms with Crippen LogP contribution < -0.4 is 15.5 Å². The Kier molecular flexibility index (Phi) is 4.81. The first-order chi connectivity index (χ1) is 11.2. The van der Waals surface area contributed by atoms with Crippen LogP contribution >= 0.6 is 0 Å². The molecule has 4 heteroatoms. The molecule has 0 atom stereocenters. The minimum absolute atomic E-state index is 0.218. The molecule has 0 bridgehead atoms. The van der Waals surface area contributed by atoms with Crippen molar-refractivity contribution in [2.75, 3.05) is 28.6 Å². The van der Waals surface area contributed by atoms with E-state index in [9.17, 15) is 4.79 Å². The molecule has 2 aromatic carbocycles. The molecule has 0 aromatic heterocycles. The summed E-state index contributed by atoms with van der Waals surface area (Å²) >= 11 is 0. The van der Waals surface area contributed by atoms with E-state index in [4.69, 9.17) is 0 Å². The summed E-state index contributed by atoms with van der Waals surface area (Å²) in [4.78, 5) is 14.5. The van der Waals surface area contributed by atoms with Crippen molar-refractivity contribution in [1.29, 1.82) is 0 Å². The molecule has 23 heavy (non-hydrogen) atoms. The highest BCUT2D eigenvalue weighted by atomic mass is 16.2. The number of anilines is 3. The number of carbonyl (C=O) groups excluding carboxylic acids is 1. The maximum Gasteiger partial charge on any atom is 0.323 e. The molecule has 1 aliphatic heterocycles. The molecule has 2 N–H and O–H groups in total. The SMILES string of the molecule is Cc1ccccc1NC(=O)Nc1ccc(N2CCCCC2)cc1. The average molecular weight is 309 g/mol. The van der Waals surface area contributed by atoms with Gasteiger partial charge in [-0.05, 0) is 62.1 Å². The number of aryl methyl sites for hydroxylation is 1. The number of benzene rings is 2. The highest BCUT2D eigenvalue weighted by molar-refractivity contribution is 6.00. The Morgan fingerprint density at radius 1 is 0.913 bits per heavy atom. The van der Waals surface area contributed by atoms with Crippen molar-refractivity contribution in [3.8, 4) is 0 Å². The van der Waals surface area contributed by atoms with Crippen LogP contribution in [0, 0.1) is 6.92 Å². The lowest BCUT2D eigenvalue weighted by Crippen LogP contribution is -2.29. The van der Waals surface area contributed by atoms with Gasteiger partial charge in [0.25, 0.3) is 0 Å². The molecule has 0 unspecified atom stereocenters. The molecule has 1 aliphatic rings. The molecule has 120 valence electrons. The molecule has 1 heterocycles. The summed E-state index contributed by atoms with van der Waals surface area (Å²) < 4.78 is 0. The van der Waals surface area contributed by atoms with Crippen LogP contribution in [0.1, 0.15) is 24.8 Å². The molecule has 4 nitrogen and oxygen atoms in total. The third-order valence-electron chi connectivity index (χ3n) is 4.24. The quantitative estimate of drug-likeness (QED) is 0.868. The second-order valence-electron chi connectivity index (χ2n) is 5.99. The van der Waals surface area contributed by atoms with Gasteiger partial charge in [-0.3, -0.25) is 0 Å². The van der Waals surface area contributed by atoms with Gasteiger partial charge in [0, 0.05) is 30.2 Å². The first-order valence-electron chi connectivity index (χ1n) is 8.21. The van der Waals surface area contributed by atoms with Gasteiger partial charge >= 0.3 is 6.03 Å². The molecule has 2 aromatic rings. The van der Waals surface area contributed by atoms with Crippen molar-refractivity contribution in [3.05, 3.63) is 54.1 Å². The normalized spacial score (nSPS) is 14.4. The number of amides is 2. The molecule has 3 rings (SSSR count). The van der Waals surface area contributed by atoms with Crippen LogP contribution in [0.2, 0.25) is 0 Å². The van der Waals surface area contributed by atoms with E-state index >= 15 is 0 Å². The van der Waals surface area contributed by atoms with Crippen LogP contribution in [0.4, 0.5) is 21.9 Å². The lowest BCUT2D eigenvalue weighted by molar-refractivity contribution is 0.262. The van der Waals surface area contributed by atoms with Gasteiger partial charge in [0.2, 0.25) is 0 Å². The summed E-state index contributed by atoms with van der Waals surface area (Å²) in [5.41, 5.74) is 3.91. The minimum Gasteiger partial charge on any atom is -0.372 e. The number of piperidine rings is 1. The van der Waals surface area contributed by atoms with Crippen molar-refractivity contribution in [2.45, 2.75) is 26.2 Å². The second kappa shape index (κ2) is 7.18.